The summed E-state index contributed by atoms with van der Waals surface area (Å²) in [6, 6.07) is 17.9. The van der Waals surface area contributed by atoms with Crippen LogP contribution in [-0.2, 0) is 27.3 Å². The highest BCUT2D eigenvalue weighted by Crippen LogP contribution is 2.45. The fourth-order valence-corrected chi connectivity index (χ4v) is 9.93. The molecule has 11 nitrogen and oxygen atoms in total. The van der Waals surface area contributed by atoms with Crippen LogP contribution in [0.5, 0.6) is 11.5 Å². The van der Waals surface area contributed by atoms with Crippen molar-refractivity contribution in [1.82, 2.24) is 15.1 Å². The molecule has 0 aromatic heterocycles. The summed E-state index contributed by atoms with van der Waals surface area (Å²) >= 11 is 0. The van der Waals surface area contributed by atoms with Gasteiger partial charge in [0.15, 0.2) is 0 Å². The molecule has 9 rings (SSSR count). The van der Waals surface area contributed by atoms with Gasteiger partial charge in [-0.3, -0.25) is 24.5 Å². The minimum Gasteiger partial charge on any atom is -0.508 e. The fourth-order valence-electron chi connectivity index (χ4n) is 9.93. The first-order valence-corrected chi connectivity index (χ1v) is 19.6. The SMILES string of the molecule is C/C=C/[C@H]1CCc2cc(O)ccc2[C@H]1c1ccc(N2CCC(C(=O)N3CCN4c5ccc6c(c5OC[C@H]4C3)CN(C3CCC(=O)NC3=O)C6=O)CC2)cc1. The maximum atomic E-state index is 13.9. The van der Waals surface area contributed by atoms with Gasteiger partial charge in [-0.2, -0.15) is 0 Å². The first-order valence-electron chi connectivity index (χ1n) is 19.6. The third-order valence-corrected chi connectivity index (χ3v) is 12.7. The highest BCUT2D eigenvalue weighted by atomic mass is 16.5. The Morgan fingerprint density at radius 3 is 2.50 bits per heavy atom. The molecule has 1 unspecified atom stereocenters. The Balaban J connectivity index is 0.818. The van der Waals surface area contributed by atoms with Crippen molar-refractivity contribution in [2.24, 2.45) is 11.8 Å². The standard InChI is InChI=1S/C43H47N5O6/c1-2-3-26-4-5-29-22-32(49)10-11-33(29)39(26)27-6-8-30(9-7-27)45-18-16-28(17-19-45)42(52)46-20-21-47-31(23-46)25-54-40-35-24-48(37-14-15-38(50)44-41(37)51)43(53)34(35)12-13-36(40)47/h2-3,6-13,22,26,28,31,37,39,49H,4-5,14-21,23-25H2,1H3,(H,44,50,51)/b3-2+/t26-,31+,37?,39+/m0/s1. The van der Waals surface area contributed by atoms with E-state index in [1.165, 1.54) is 22.4 Å². The van der Waals surface area contributed by atoms with Gasteiger partial charge in [0.1, 0.15) is 24.1 Å². The number of aromatic hydroxyl groups is 1. The number of piperidine rings is 2. The van der Waals surface area contributed by atoms with Gasteiger partial charge in [-0.25, -0.2) is 0 Å². The molecule has 0 bridgehead atoms. The lowest BCUT2D eigenvalue weighted by Gasteiger charge is -2.47. The Hall–Kier alpha value is -5.32. The van der Waals surface area contributed by atoms with Crippen LogP contribution in [0.4, 0.5) is 11.4 Å². The monoisotopic (exact) mass is 729 g/mol. The molecule has 6 aliphatic rings. The van der Waals surface area contributed by atoms with Gasteiger partial charge in [0.05, 0.1) is 18.3 Å². The van der Waals surface area contributed by atoms with Crippen molar-refractivity contribution in [3.63, 3.8) is 0 Å². The summed E-state index contributed by atoms with van der Waals surface area (Å²) in [6.07, 6.45) is 8.67. The largest absolute Gasteiger partial charge is 0.508 e. The number of ether oxygens (including phenoxy) is 1. The van der Waals surface area contributed by atoms with Gasteiger partial charge < -0.3 is 29.4 Å². The molecule has 0 saturated carbocycles. The van der Waals surface area contributed by atoms with Crippen molar-refractivity contribution in [1.29, 1.82) is 0 Å². The van der Waals surface area contributed by atoms with Crippen LogP contribution in [0.3, 0.4) is 0 Å². The number of carbonyl (C=O) groups excluding carboxylic acids is 4. The number of imide groups is 1. The lowest BCUT2D eigenvalue weighted by Crippen LogP contribution is -2.59. The number of fused-ring (bicyclic) bond motifs is 6. The van der Waals surface area contributed by atoms with Crippen molar-refractivity contribution < 1.29 is 29.0 Å². The van der Waals surface area contributed by atoms with Crippen LogP contribution in [0.1, 0.15) is 77.6 Å². The predicted octanol–water partition coefficient (Wildman–Crippen LogP) is 4.75. The number of carbonyl (C=O) groups is 4. The second-order valence-corrected chi connectivity index (χ2v) is 15.7. The number of nitrogens with one attached hydrogen (secondary N) is 1. The van der Waals surface area contributed by atoms with E-state index in [2.05, 4.69) is 64.5 Å². The van der Waals surface area contributed by atoms with Crippen molar-refractivity contribution >= 4 is 35.0 Å². The zero-order chi connectivity index (χ0) is 37.1. The van der Waals surface area contributed by atoms with Crippen LogP contribution in [0.25, 0.3) is 0 Å². The molecule has 280 valence electrons. The van der Waals surface area contributed by atoms with Gasteiger partial charge in [0.25, 0.3) is 5.91 Å². The number of phenolic OH excluding ortho intramolecular Hbond substituents is 1. The zero-order valence-electron chi connectivity index (χ0n) is 30.7. The highest BCUT2D eigenvalue weighted by Gasteiger charge is 2.44. The number of anilines is 2. The fraction of sp³-hybridized carbons (Fsp3) is 0.442. The lowest BCUT2D eigenvalue weighted by atomic mass is 9.71. The molecule has 5 heterocycles. The van der Waals surface area contributed by atoms with E-state index in [0.29, 0.717) is 55.6 Å². The van der Waals surface area contributed by atoms with Gasteiger partial charge in [-0.15, -0.1) is 0 Å². The summed E-state index contributed by atoms with van der Waals surface area (Å²) in [7, 11) is 0. The Morgan fingerprint density at radius 1 is 0.907 bits per heavy atom. The molecule has 3 fully saturated rings. The van der Waals surface area contributed by atoms with Crippen LogP contribution in [-0.4, -0.2) is 89.9 Å². The van der Waals surface area contributed by atoms with E-state index in [-0.39, 0.29) is 48.6 Å². The number of allylic oxidation sites excluding steroid dienone is 2. The number of aryl methyl sites for hydroxylation is 1. The molecule has 0 spiro atoms. The summed E-state index contributed by atoms with van der Waals surface area (Å²) in [5.74, 6) is 0.974. The molecular formula is C43H47N5O6. The molecule has 3 saturated heterocycles. The van der Waals surface area contributed by atoms with Gasteiger partial charge in [0.2, 0.25) is 17.7 Å². The van der Waals surface area contributed by atoms with E-state index >= 15 is 0 Å². The minimum atomic E-state index is -0.671. The molecule has 5 aliphatic heterocycles. The Bertz CT molecular complexity index is 2040. The molecule has 2 N–H and O–H groups in total. The first kappa shape index (κ1) is 34.4. The maximum Gasteiger partial charge on any atom is 0.255 e. The number of amides is 4. The quantitative estimate of drug-likeness (QED) is 0.285. The van der Waals surface area contributed by atoms with E-state index in [1.807, 2.05) is 29.2 Å². The number of phenols is 1. The van der Waals surface area contributed by atoms with E-state index in [9.17, 15) is 24.3 Å². The molecule has 0 radical (unpaired) electrons. The van der Waals surface area contributed by atoms with Crippen molar-refractivity contribution in [3.8, 4) is 11.5 Å². The van der Waals surface area contributed by atoms with Crippen LogP contribution < -0.4 is 19.9 Å². The van der Waals surface area contributed by atoms with E-state index in [4.69, 9.17) is 4.74 Å². The molecule has 11 heteroatoms. The summed E-state index contributed by atoms with van der Waals surface area (Å²) in [5.41, 5.74) is 7.28. The molecule has 3 aromatic rings. The number of rotatable bonds is 5. The van der Waals surface area contributed by atoms with Gasteiger partial charge in [0, 0.05) is 67.8 Å². The van der Waals surface area contributed by atoms with Crippen LogP contribution >= 0.6 is 0 Å². The normalized spacial score (nSPS) is 25.5. The van der Waals surface area contributed by atoms with Crippen LogP contribution in [0.2, 0.25) is 0 Å². The van der Waals surface area contributed by atoms with E-state index in [0.717, 1.165) is 50.0 Å². The Kier molecular flexibility index (Phi) is 8.82. The number of hydrogen-bond donors (Lipinski definition) is 2. The predicted molar refractivity (Wildman–Crippen MR) is 204 cm³/mol. The number of nitrogens with zero attached hydrogens (tertiary/aromatic N) is 4. The molecule has 4 atom stereocenters. The molecule has 1 aliphatic carbocycles. The van der Waals surface area contributed by atoms with Crippen LogP contribution in [0.15, 0.2) is 66.7 Å². The molecular weight excluding hydrogens is 683 g/mol. The Morgan fingerprint density at radius 2 is 1.72 bits per heavy atom. The third-order valence-electron chi connectivity index (χ3n) is 12.7. The van der Waals surface area contributed by atoms with Gasteiger partial charge in [-0.1, -0.05) is 30.4 Å². The summed E-state index contributed by atoms with van der Waals surface area (Å²) in [6.45, 7) is 6.35. The zero-order valence-corrected chi connectivity index (χ0v) is 30.7. The molecule has 54 heavy (non-hydrogen) atoms. The summed E-state index contributed by atoms with van der Waals surface area (Å²) in [5, 5.41) is 12.5. The first-order chi connectivity index (χ1) is 26.3. The third kappa shape index (κ3) is 5.97. The Labute approximate surface area is 315 Å². The van der Waals surface area contributed by atoms with E-state index < -0.39 is 11.9 Å². The van der Waals surface area contributed by atoms with Crippen molar-refractivity contribution in [3.05, 3.63) is 94.6 Å². The number of hydrogen-bond acceptors (Lipinski definition) is 8. The topological polar surface area (TPSA) is 123 Å². The second-order valence-electron chi connectivity index (χ2n) is 15.7. The van der Waals surface area contributed by atoms with Crippen molar-refractivity contribution in [2.45, 2.75) is 70.0 Å². The summed E-state index contributed by atoms with van der Waals surface area (Å²) in [4.78, 5) is 59.8. The van der Waals surface area contributed by atoms with E-state index in [1.54, 1.807) is 4.90 Å². The number of benzene rings is 3. The van der Waals surface area contributed by atoms with Crippen molar-refractivity contribution in [2.75, 3.05) is 49.1 Å². The van der Waals surface area contributed by atoms with Gasteiger partial charge >= 0.3 is 0 Å². The average Bonchev–Trinajstić information content (AvgIpc) is 3.53. The lowest BCUT2D eigenvalue weighted by molar-refractivity contribution is -0.138. The molecule has 4 amide bonds. The maximum absolute atomic E-state index is 13.9. The summed E-state index contributed by atoms with van der Waals surface area (Å²) < 4.78 is 6.35. The second kappa shape index (κ2) is 13.8. The average molecular weight is 730 g/mol. The molecule has 3 aromatic carbocycles. The van der Waals surface area contributed by atoms with Gasteiger partial charge in [-0.05, 0) is 98.0 Å². The minimum absolute atomic E-state index is 0.00633. The van der Waals surface area contributed by atoms with Crippen LogP contribution in [0, 0.1) is 11.8 Å². The number of piperazine rings is 1. The highest BCUT2D eigenvalue weighted by molar-refractivity contribution is 6.06. The smallest absolute Gasteiger partial charge is 0.255 e.